The van der Waals surface area contributed by atoms with Crippen LogP contribution in [0.25, 0.3) is 0 Å². The van der Waals surface area contributed by atoms with Crippen molar-refractivity contribution < 1.29 is 23.8 Å². The molecule has 1 N–H and O–H groups in total. The molecule has 0 saturated carbocycles. The van der Waals surface area contributed by atoms with Crippen LogP contribution in [0.2, 0.25) is 5.02 Å². The molecule has 0 saturated heterocycles. The van der Waals surface area contributed by atoms with Crippen molar-refractivity contribution >= 4 is 17.6 Å². The van der Waals surface area contributed by atoms with E-state index in [-0.39, 0.29) is 22.9 Å². The second-order valence-electron chi connectivity index (χ2n) is 3.17. The molecule has 0 fully saturated rings. The minimum atomic E-state index is -1.72. The third-order valence-corrected chi connectivity index (χ3v) is 2.27. The van der Waals surface area contributed by atoms with Crippen molar-refractivity contribution in [2.24, 2.45) is 0 Å². The number of carbonyl (C=O) groups is 1. The van der Waals surface area contributed by atoms with Crippen LogP contribution in [-0.2, 0) is 9.53 Å². The van der Waals surface area contributed by atoms with E-state index in [0.717, 1.165) is 6.07 Å². The molecule has 1 rings (SSSR count). The second kappa shape index (κ2) is 5.84. The van der Waals surface area contributed by atoms with Gasteiger partial charge in [0.2, 0.25) is 0 Å². The number of rotatable bonds is 4. The molecular formula is C11H12ClFO4. The van der Waals surface area contributed by atoms with Crippen LogP contribution in [0, 0.1) is 5.82 Å². The lowest BCUT2D eigenvalue weighted by Gasteiger charge is -2.13. The molecule has 0 heterocycles. The van der Waals surface area contributed by atoms with Crippen LogP contribution >= 0.6 is 11.6 Å². The van der Waals surface area contributed by atoms with E-state index in [0.29, 0.717) is 0 Å². The van der Waals surface area contributed by atoms with Crippen molar-refractivity contribution in [3.05, 3.63) is 28.5 Å². The fourth-order valence-corrected chi connectivity index (χ4v) is 1.50. The maximum absolute atomic E-state index is 13.8. The molecule has 0 aliphatic heterocycles. The van der Waals surface area contributed by atoms with Gasteiger partial charge in [-0.05, 0) is 13.0 Å². The number of aliphatic hydroxyl groups excluding tert-OH is 1. The Balaban J connectivity index is 3.12. The molecule has 1 aromatic rings. The number of benzene rings is 1. The van der Waals surface area contributed by atoms with E-state index in [4.69, 9.17) is 16.3 Å². The van der Waals surface area contributed by atoms with E-state index in [1.54, 1.807) is 6.92 Å². The summed E-state index contributed by atoms with van der Waals surface area (Å²) in [5, 5.41) is 9.77. The maximum atomic E-state index is 13.8. The van der Waals surface area contributed by atoms with Gasteiger partial charge in [-0.25, -0.2) is 9.18 Å². The van der Waals surface area contributed by atoms with E-state index in [9.17, 15) is 14.3 Å². The highest BCUT2D eigenvalue weighted by molar-refractivity contribution is 6.30. The first-order valence-electron chi connectivity index (χ1n) is 4.88. The zero-order valence-corrected chi connectivity index (χ0v) is 10.1. The molecule has 17 heavy (non-hydrogen) atoms. The summed E-state index contributed by atoms with van der Waals surface area (Å²) in [6.07, 6.45) is -1.72. The van der Waals surface area contributed by atoms with E-state index in [2.05, 4.69) is 4.74 Å². The Morgan fingerprint density at radius 1 is 1.59 bits per heavy atom. The molecule has 4 nitrogen and oxygen atoms in total. The summed E-state index contributed by atoms with van der Waals surface area (Å²) >= 11 is 5.72. The van der Waals surface area contributed by atoms with Crippen LogP contribution in [0.5, 0.6) is 5.75 Å². The molecule has 0 aliphatic carbocycles. The first kappa shape index (κ1) is 13.7. The number of carbonyl (C=O) groups excluding carboxylic acids is 1. The molecule has 0 bridgehead atoms. The number of hydrogen-bond donors (Lipinski definition) is 1. The Bertz CT molecular complexity index is 422. The Kier molecular flexibility index (Phi) is 4.72. The van der Waals surface area contributed by atoms with Gasteiger partial charge < -0.3 is 14.6 Å². The van der Waals surface area contributed by atoms with Crippen LogP contribution < -0.4 is 4.74 Å². The summed E-state index contributed by atoms with van der Waals surface area (Å²) in [6.45, 7) is 1.68. The van der Waals surface area contributed by atoms with Crippen molar-refractivity contribution in [2.45, 2.75) is 13.0 Å². The van der Waals surface area contributed by atoms with Crippen molar-refractivity contribution in [3.63, 3.8) is 0 Å². The molecule has 0 spiro atoms. The molecule has 0 aromatic heterocycles. The minimum Gasteiger partial charge on any atom is -0.494 e. The number of ether oxygens (including phenoxy) is 2. The van der Waals surface area contributed by atoms with Crippen molar-refractivity contribution in [1.29, 1.82) is 0 Å². The summed E-state index contributed by atoms with van der Waals surface area (Å²) in [5.41, 5.74) is -0.271. The zero-order valence-electron chi connectivity index (χ0n) is 9.37. The lowest BCUT2D eigenvalue weighted by atomic mass is 10.1. The van der Waals surface area contributed by atoms with Gasteiger partial charge in [-0.2, -0.15) is 0 Å². The van der Waals surface area contributed by atoms with Gasteiger partial charge in [0.1, 0.15) is 0 Å². The van der Waals surface area contributed by atoms with Gasteiger partial charge in [0, 0.05) is 16.7 Å². The van der Waals surface area contributed by atoms with E-state index in [1.807, 2.05) is 0 Å². The molecule has 94 valence electrons. The normalized spacial score (nSPS) is 12.1. The van der Waals surface area contributed by atoms with Gasteiger partial charge in [0.05, 0.1) is 13.7 Å². The predicted molar refractivity (Wildman–Crippen MR) is 59.6 cm³/mol. The molecule has 0 radical (unpaired) electrons. The van der Waals surface area contributed by atoms with Gasteiger partial charge >= 0.3 is 5.97 Å². The molecule has 1 unspecified atom stereocenters. The number of aliphatic hydroxyl groups is 1. The Hall–Kier alpha value is -1.33. The smallest absolute Gasteiger partial charge is 0.339 e. The molecule has 1 aromatic carbocycles. The monoisotopic (exact) mass is 262 g/mol. The maximum Gasteiger partial charge on any atom is 0.339 e. The van der Waals surface area contributed by atoms with Crippen molar-refractivity contribution in [3.8, 4) is 5.75 Å². The largest absolute Gasteiger partial charge is 0.494 e. The highest BCUT2D eigenvalue weighted by Crippen LogP contribution is 2.30. The summed E-state index contributed by atoms with van der Waals surface area (Å²) in [5.74, 6) is -1.91. The SMILES string of the molecule is CCOC(=O)C(O)c1cc(Cl)cc(OC)c1F. The van der Waals surface area contributed by atoms with Crippen LogP contribution in [0.15, 0.2) is 12.1 Å². The standard InChI is InChI=1S/C11H12ClFO4/c1-3-17-11(15)10(14)7-4-6(12)5-8(16-2)9(7)13/h4-5,10,14H,3H2,1-2H3. The van der Waals surface area contributed by atoms with Crippen LogP contribution in [0.3, 0.4) is 0 Å². The number of methoxy groups -OCH3 is 1. The van der Waals surface area contributed by atoms with Gasteiger partial charge in [-0.1, -0.05) is 11.6 Å². The third-order valence-electron chi connectivity index (χ3n) is 2.06. The van der Waals surface area contributed by atoms with Crippen LogP contribution in [-0.4, -0.2) is 24.8 Å². The van der Waals surface area contributed by atoms with E-state index >= 15 is 0 Å². The lowest BCUT2D eigenvalue weighted by molar-refractivity contribution is -0.153. The third kappa shape index (κ3) is 3.08. The highest BCUT2D eigenvalue weighted by Gasteiger charge is 2.24. The summed E-state index contributed by atoms with van der Waals surface area (Å²) in [4.78, 5) is 11.3. The van der Waals surface area contributed by atoms with E-state index in [1.165, 1.54) is 13.2 Å². The van der Waals surface area contributed by atoms with Crippen LogP contribution in [0.4, 0.5) is 4.39 Å². The van der Waals surface area contributed by atoms with Gasteiger partial charge in [-0.3, -0.25) is 0 Å². The Labute approximate surface area is 103 Å². The van der Waals surface area contributed by atoms with Crippen LogP contribution in [0.1, 0.15) is 18.6 Å². The zero-order chi connectivity index (χ0) is 13.0. The molecule has 6 heteroatoms. The fraction of sp³-hybridized carbons (Fsp3) is 0.364. The highest BCUT2D eigenvalue weighted by atomic mass is 35.5. The Morgan fingerprint density at radius 2 is 2.24 bits per heavy atom. The first-order valence-corrected chi connectivity index (χ1v) is 5.26. The Morgan fingerprint density at radius 3 is 2.76 bits per heavy atom. The number of halogens is 2. The topological polar surface area (TPSA) is 55.8 Å². The molecule has 0 aliphatic rings. The van der Waals surface area contributed by atoms with E-state index < -0.39 is 17.9 Å². The first-order chi connectivity index (χ1) is 8.01. The number of esters is 1. The average molecular weight is 263 g/mol. The van der Waals surface area contributed by atoms with Gasteiger partial charge in [0.15, 0.2) is 17.7 Å². The second-order valence-corrected chi connectivity index (χ2v) is 3.60. The molecular weight excluding hydrogens is 251 g/mol. The average Bonchev–Trinajstić information content (AvgIpc) is 2.31. The predicted octanol–water partition coefficient (Wildman–Crippen LogP) is 2.08. The summed E-state index contributed by atoms with van der Waals surface area (Å²) in [6, 6.07) is 2.40. The van der Waals surface area contributed by atoms with Crippen molar-refractivity contribution in [1.82, 2.24) is 0 Å². The summed E-state index contributed by atoms with van der Waals surface area (Å²) in [7, 11) is 1.26. The molecule has 1 atom stereocenters. The lowest BCUT2D eigenvalue weighted by Crippen LogP contribution is -2.17. The number of hydrogen-bond acceptors (Lipinski definition) is 4. The minimum absolute atomic E-state index is 0.0925. The molecule has 0 amide bonds. The summed E-state index contributed by atoms with van der Waals surface area (Å²) < 4.78 is 23.1. The van der Waals surface area contributed by atoms with Crippen molar-refractivity contribution in [2.75, 3.05) is 13.7 Å². The van der Waals surface area contributed by atoms with Gasteiger partial charge in [-0.15, -0.1) is 0 Å². The van der Waals surface area contributed by atoms with Gasteiger partial charge in [0.25, 0.3) is 0 Å². The fourth-order valence-electron chi connectivity index (χ4n) is 1.28. The quantitative estimate of drug-likeness (QED) is 0.844.